The molecule has 30 heavy (non-hydrogen) atoms. The van der Waals surface area contributed by atoms with E-state index in [9.17, 15) is 15.3 Å². The molecule has 148 valence electrons. The summed E-state index contributed by atoms with van der Waals surface area (Å²) in [7, 11) is 0. The van der Waals surface area contributed by atoms with Crippen molar-refractivity contribution in [1.82, 2.24) is 14.9 Å². The van der Waals surface area contributed by atoms with Crippen molar-refractivity contribution in [2.75, 3.05) is 11.3 Å². The van der Waals surface area contributed by atoms with Crippen molar-refractivity contribution in [3.05, 3.63) is 76.6 Å². The van der Waals surface area contributed by atoms with Gasteiger partial charge in [0.15, 0.2) is 0 Å². The first kappa shape index (κ1) is 20.5. The first-order valence-corrected chi connectivity index (χ1v) is 9.17. The number of hydrogen-bond donors (Lipinski definition) is 3. The van der Waals surface area contributed by atoms with Crippen molar-refractivity contribution >= 4 is 29.7 Å². The number of nitrogens with zero attached hydrogens (tertiary/aromatic N) is 5. The van der Waals surface area contributed by atoms with Crippen molar-refractivity contribution in [1.29, 1.82) is 10.5 Å². The molecule has 4 N–H and O–H groups in total. The molecule has 10 heteroatoms. The van der Waals surface area contributed by atoms with Crippen LogP contribution in [0.3, 0.4) is 0 Å². The van der Waals surface area contributed by atoms with Gasteiger partial charge in [-0.2, -0.15) is 20.3 Å². The molecule has 0 amide bonds. The second-order valence-electron chi connectivity index (χ2n) is 6.14. The average Bonchev–Trinajstić information content (AvgIpc) is 3.10. The third kappa shape index (κ3) is 4.24. The van der Waals surface area contributed by atoms with Crippen LogP contribution in [-0.2, 0) is 4.79 Å². The van der Waals surface area contributed by atoms with E-state index in [1.54, 1.807) is 60.7 Å². The highest BCUT2D eigenvalue weighted by molar-refractivity contribution is 7.71. The molecule has 0 aliphatic carbocycles. The highest BCUT2D eigenvalue weighted by Crippen LogP contribution is 2.24. The summed E-state index contributed by atoms with van der Waals surface area (Å²) in [5.41, 5.74) is 3.48. The summed E-state index contributed by atoms with van der Waals surface area (Å²) < 4.78 is 1.17. The third-order valence-electron chi connectivity index (χ3n) is 4.29. The van der Waals surface area contributed by atoms with Crippen molar-refractivity contribution in [2.45, 2.75) is 11.8 Å². The van der Waals surface area contributed by atoms with Gasteiger partial charge in [-0.3, -0.25) is 4.79 Å². The van der Waals surface area contributed by atoms with Gasteiger partial charge < -0.3 is 5.84 Å². The Balaban J connectivity index is 2.06. The number of carbonyl (C=O) groups excluding carboxylic acids is 1. The largest absolute Gasteiger partial charge is 0.334 e. The highest BCUT2D eigenvalue weighted by Gasteiger charge is 2.32. The van der Waals surface area contributed by atoms with Crippen LogP contribution < -0.4 is 11.3 Å². The molecule has 0 spiro atoms. The smallest absolute Gasteiger partial charge is 0.262 e. The fourth-order valence-electron chi connectivity index (χ4n) is 2.77. The molecule has 1 aromatic heterocycles. The number of aromatic nitrogens is 3. The molecule has 3 aromatic rings. The van der Waals surface area contributed by atoms with Gasteiger partial charge in [0.05, 0.1) is 12.1 Å². The first-order valence-electron chi connectivity index (χ1n) is 8.76. The number of benzene rings is 2. The van der Waals surface area contributed by atoms with Gasteiger partial charge in [-0.1, -0.05) is 60.7 Å². The van der Waals surface area contributed by atoms with E-state index in [0.717, 1.165) is 4.68 Å². The number of H-pyrrole nitrogens is 1. The Labute approximate surface area is 177 Å². The van der Waals surface area contributed by atoms with E-state index in [2.05, 4.69) is 26.8 Å². The summed E-state index contributed by atoms with van der Waals surface area (Å²) in [6, 6.07) is 21.4. The van der Waals surface area contributed by atoms with E-state index in [1.807, 2.05) is 6.07 Å². The number of hydrogen-bond acceptors (Lipinski definition) is 8. The Bertz CT molecular complexity index is 1200. The van der Waals surface area contributed by atoms with Crippen molar-refractivity contribution in [3.8, 4) is 12.1 Å². The van der Waals surface area contributed by atoms with Crippen LogP contribution in [0.1, 0.15) is 23.0 Å². The van der Waals surface area contributed by atoms with E-state index in [-0.39, 0.29) is 16.4 Å². The van der Waals surface area contributed by atoms with Gasteiger partial charge in [0.25, 0.3) is 5.95 Å². The average molecular weight is 416 g/mol. The van der Waals surface area contributed by atoms with Crippen LogP contribution in [0.15, 0.2) is 65.8 Å². The number of rotatable bonds is 7. The summed E-state index contributed by atoms with van der Waals surface area (Å²) in [5, 5.41) is 30.0. The molecule has 0 saturated carbocycles. The number of aromatic amines is 1. The van der Waals surface area contributed by atoms with Gasteiger partial charge in [0.1, 0.15) is 17.5 Å². The Kier molecular flexibility index (Phi) is 6.33. The van der Waals surface area contributed by atoms with Gasteiger partial charge in [-0.05, 0) is 23.3 Å². The molecule has 9 nitrogen and oxygen atoms in total. The number of nitriles is 2. The molecule has 2 aromatic carbocycles. The molecular formula is C20H16N8OS. The van der Waals surface area contributed by atoms with E-state index >= 15 is 0 Å². The van der Waals surface area contributed by atoms with Gasteiger partial charge >= 0.3 is 0 Å². The second kappa shape index (κ2) is 9.28. The zero-order valence-corrected chi connectivity index (χ0v) is 16.4. The Hall–Kier alpha value is -4.28. The number of nitrogens with two attached hydrogens (primary N) is 1. The minimum absolute atomic E-state index is 0.0447. The highest BCUT2D eigenvalue weighted by atomic mass is 32.1. The molecule has 0 radical (unpaired) electrons. The lowest BCUT2D eigenvalue weighted by atomic mass is 9.86. The number of anilines is 1. The fourth-order valence-corrected chi connectivity index (χ4v) is 2.90. The zero-order chi connectivity index (χ0) is 21.5. The summed E-state index contributed by atoms with van der Waals surface area (Å²) in [6.45, 7) is 0. The molecule has 0 unspecified atom stereocenters. The molecule has 0 aliphatic rings. The number of ketones is 1. The van der Waals surface area contributed by atoms with Gasteiger partial charge in [-0.25, -0.2) is 10.5 Å². The molecule has 0 aliphatic heterocycles. The maximum atomic E-state index is 13.3. The Morgan fingerprint density at radius 3 is 2.07 bits per heavy atom. The van der Waals surface area contributed by atoms with Gasteiger partial charge in [0.2, 0.25) is 10.6 Å². The first-order chi connectivity index (χ1) is 14.6. The number of hydrazone groups is 1. The second-order valence-corrected chi connectivity index (χ2v) is 6.53. The lowest BCUT2D eigenvalue weighted by Gasteiger charge is -2.15. The molecule has 1 heterocycles. The fraction of sp³-hybridized carbons (Fsp3) is 0.100. The molecule has 0 bridgehead atoms. The summed E-state index contributed by atoms with van der Waals surface area (Å²) in [5.74, 6) is 3.03. The van der Waals surface area contributed by atoms with E-state index in [1.165, 1.54) is 0 Å². The lowest BCUT2D eigenvalue weighted by Crippen LogP contribution is -2.28. The van der Waals surface area contributed by atoms with E-state index < -0.39 is 17.6 Å². The number of carbonyl (C=O) groups is 1. The normalized spacial score (nSPS) is 12.9. The summed E-state index contributed by atoms with van der Waals surface area (Å²) >= 11 is 4.95. The number of nitrogen functional groups attached to an aromatic ring is 1. The van der Waals surface area contributed by atoms with Crippen LogP contribution in [0.5, 0.6) is 0 Å². The quantitative estimate of drug-likeness (QED) is 0.232. The Morgan fingerprint density at radius 2 is 1.60 bits per heavy atom. The predicted molar refractivity (Wildman–Crippen MR) is 113 cm³/mol. The van der Waals surface area contributed by atoms with Crippen LogP contribution in [-0.4, -0.2) is 26.4 Å². The maximum absolute atomic E-state index is 13.3. The minimum atomic E-state index is -1.13. The molecule has 2 atom stereocenters. The molecule has 3 rings (SSSR count). The van der Waals surface area contributed by atoms with E-state index in [4.69, 9.17) is 18.1 Å². The third-order valence-corrected chi connectivity index (χ3v) is 4.58. The van der Waals surface area contributed by atoms with E-state index in [0.29, 0.717) is 11.1 Å². The van der Waals surface area contributed by atoms with Gasteiger partial charge in [-0.15, -0.1) is 5.10 Å². The Morgan fingerprint density at radius 1 is 1.07 bits per heavy atom. The number of Topliss-reactive ketones (excluding diaryl/α,β-unsaturated/α-hetero) is 1. The van der Waals surface area contributed by atoms with Crippen LogP contribution in [0.25, 0.3) is 0 Å². The van der Waals surface area contributed by atoms with Crippen LogP contribution in [0.2, 0.25) is 0 Å². The van der Waals surface area contributed by atoms with Crippen LogP contribution >= 0.6 is 12.2 Å². The van der Waals surface area contributed by atoms with Crippen molar-refractivity contribution in [2.24, 2.45) is 5.10 Å². The molecule has 0 saturated heterocycles. The maximum Gasteiger partial charge on any atom is 0.262 e. The number of nitrogens with one attached hydrogen (secondary N) is 2. The lowest BCUT2D eigenvalue weighted by molar-refractivity contribution is -0.113. The predicted octanol–water partition coefficient (Wildman–Crippen LogP) is 2.61. The van der Waals surface area contributed by atoms with Crippen LogP contribution in [0.4, 0.5) is 5.95 Å². The summed E-state index contributed by atoms with van der Waals surface area (Å²) in [6.07, 6.45) is 0. The standard InChI is InChI=1S/C20H16N8OS/c21-11-15(13-7-3-1-4-8-13)17(24-25-19-26-27-20(30)28(19)23)18(29)16(12-22)14-9-5-2-6-10-14/h1-10,15-16H,23H2,(H,25,26)(H,27,30)/b24-17+/t15-,16+/m0/s1. The molecule has 0 fully saturated rings. The monoisotopic (exact) mass is 416 g/mol. The summed E-state index contributed by atoms with van der Waals surface area (Å²) in [4.78, 5) is 13.3. The van der Waals surface area contributed by atoms with Crippen molar-refractivity contribution in [3.63, 3.8) is 0 Å². The topological polar surface area (TPSA) is 149 Å². The van der Waals surface area contributed by atoms with Crippen molar-refractivity contribution < 1.29 is 4.79 Å². The molecular weight excluding hydrogens is 400 g/mol. The van der Waals surface area contributed by atoms with Crippen LogP contribution in [0, 0.1) is 27.4 Å². The SMILES string of the molecule is N#C[C@H](/C(=N\Nc1n[nH]c(=S)n1N)C(=O)[C@H](C#N)c1ccccc1)c1ccccc1. The minimum Gasteiger partial charge on any atom is -0.334 e. The zero-order valence-electron chi connectivity index (χ0n) is 15.6. The van der Waals surface area contributed by atoms with Gasteiger partial charge in [0, 0.05) is 0 Å².